The molecule has 7 nitrogen and oxygen atoms in total. The van der Waals surface area contributed by atoms with Crippen LogP contribution in [0.4, 0.5) is 5.82 Å². The fourth-order valence-electron chi connectivity index (χ4n) is 3.69. The standard InChI is InChI=1S/C25H25N3O4/c1-18(29)32-22-10-7-19(17-23(22)31-2)8-12-25(30)28-15-13-27(14-16-28)24-11-9-20-5-3-4-6-21(20)26-24/h3-12,17H,13-16H2,1-2H3/b12-8+. The molecular formula is C25H25N3O4. The van der Waals surface area contributed by atoms with Crippen LogP contribution in [0, 0.1) is 0 Å². The highest BCUT2D eigenvalue weighted by atomic mass is 16.6. The molecule has 1 fully saturated rings. The zero-order valence-electron chi connectivity index (χ0n) is 18.2. The van der Waals surface area contributed by atoms with E-state index in [0.29, 0.717) is 24.6 Å². The van der Waals surface area contributed by atoms with Crippen LogP contribution in [0.3, 0.4) is 0 Å². The Morgan fingerprint density at radius 2 is 1.75 bits per heavy atom. The molecule has 1 aromatic heterocycles. The highest BCUT2D eigenvalue weighted by molar-refractivity contribution is 5.92. The predicted molar refractivity (Wildman–Crippen MR) is 124 cm³/mol. The lowest BCUT2D eigenvalue weighted by atomic mass is 10.1. The van der Waals surface area contributed by atoms with Crippen molar-refractivity contribution < 1.29 is 19.1 Å². The summed E-state index contributed by atoms with van der Waals surface area (Å²) in [6.45, 7) is 4.06. The number of nitrogens with zero attached hydrogens (tertiary/aromatic N) is 3. The van der Waals surface area contributed by atoms with Crippen LogP contribution in [0.2, 0.25) is 0 Å². The first kappa shape index (κ1) is 21.4. The summed E-state index contributed by atoms with van der Waals surface area (Å²) >= 11 is 0. The number of fused-ring (bicyclic) bond motifs is 1. The van der Waals surface area contributed by atoms with E-state index in [-0.39, 0.29) is 5.91 Å². The number of ether oxygens (including phenoxy) is 2. The molecule has 0 N–H and O–H groups in total. The number of carbonyl (C=O) groups is 2. The Labute approximate surface area is 186 Å². The van der Waals surface area contributed by atoms with E-state index in [1.54, 1.807) is 30.4 Å². The number of anilines is 1. The summed E-state index contributed by atoms with van der Waals surface area (Å²) in [6.07, 6.45) is 3.30. The molecular weight excluding hydrogens is 406 g/mol. The first-order valence-electron chi connectivity index (χ1n) is 10.5. The lowest BCUT2D eigenvalue weighted by molar-refractivity contribution is -0.132. The molecule has 1 aliphatic heterocycles. The van der Waals surface area contributed by atoms with Crippen LogP contribution in [-0.2, 0) is 9.59 Å². The lowest BCUT2D eigenvalue weighted by Crippen LogP contribution is -2.48. The van der Waals surface area contributed by atoms with E-state index in [1.165, 1.54) is 14.0 Å². The van der Waals surface area contributed by atoms with E-state index < -0.39 is 5.97 Å². The van der Waals surface area contributed by atoms with Gasteiger partial charge in [0.1, 0.15) is 5.82 Å². The summed E-state index contributed by atoms with van der Waals surface area (Å²) in [5.41, 5.74) is 1.76. The molecule has 0 unspecified atom stereocenters. The minimum absolute atomic E-state index is 0.0425. The Hall–Kier alpha value is -3.87. The van der Waals surface area contributed by atoms with Crippen molar-refractivity contribution in [3.63, 3.8) is 0 Å². The van der Waals surface area contributed by atoms with Crippen molar-refractivity contribution >= 4 is 34.7 Å². The van der Waals surface area contributed by atoms with E-state index in [9.17, 15) is 9.59 Å². The number of aromatic nitrogens is 1. The van der Waals surface area contributed by atoms with Gasteiger partial charge in [0.25, 0.3) is 0 Å². The number of methoxy groups -OCH3 is 1. The first-order valence-corrected chi connectivity index (χ1v) is 10.5. The third-order valence-corrected chi connectivity index (χ3v) is 5.36. The number of piperazine rings is 1. The molecule has 164 valence electrons. The quantitative estimate of drug-likeness (QED) is 0.350. The third kappa shape index (κ3) is 4.88. The monoisotopic (exact) mass is 431 g/mol. The number of esters is 1. The largest absolute Gasteiger partial charge is 0.493 e. The van der Waals surface area contributed by atoms with Gasteiger partial charge in [-0.05, 0) is 42.0 Å². The number of carbonyl (C=O) groups excluding carboxylic acids is 2. The number of benzene rings is 2. The molecule has 0 spiro atoms. The average molecular weight is 431 g/mol. The molecule has 0 bridgehead atoms. The summed E-state index contributed by atoms with van der Waals surface area (Å²) in [6, 6.07) is 17.3. The number of amides is 1. The first-order chi connectivity index (χ1) is 15.5. The maximum Gasteiger partial charge on any atom is 0.308 e. The number of rotatable bonds is 5. The summed E-state index contributed by atoms with van der Waals surface area (Å²) in [5.74, 6) is 1.26. The van der Waals surface area contributed by atoms with Gasteiger partial charge in [-0.2, -0.15) is 0 Å². The molecule has 1 saturated heterocycles. The topological polar surface area (TPSA) is 72.0 Å². The van der Waals surface area contributed by atoms with E-state index in [2.05, 4.69) is 17.0 Å². The van der Waals surface area contributed by atoms with Gasteiger partial charge >= 0.3 is 5.97 Å². The lowest BCUT2D eigenvalue weighted by Gasteiger charge is -2.35. The second-order valence-electron chi connectivity index (χ2n) is 7.51. The smallest absolute Gasteiger partial charge is 0.308 e. The SMILES string of the molecule is COc1cc(/C=C/C(=O)N2CCN(c3ccc4ccccc4n3)CC2)ccc1OC(C)=O. The van der Waals surface area contributed by atoms with Crippen molar-refractivity contribution in [3.05, 3.63) is 66.2 Å². The summed E-state index contributed by atoms with van der Waals surface area (Å²) in [4.78, 5) is 32.6. The highest BCUT2D eigenvalue weighted by Crippen LogP contribution is 2.28. The molecule has 4 rings (SSSR count). The van der Waals surface area contributed by atoms with E-state index in [1.807, 2.05) is 29.2 Å². The van der Waals surface area contributed by atoms with Gasteiger partial charge < -0.3 is 19.3 Å². The minimum atomic E-state index is -0.417. The van der Waals surface area contributed by atoms with Crippen LogP contribution in [-0.4, -0.2) is 55.0 Å². The van der Waals surface area contributed by atoms with Gasteiger partial charge in [-0.1, -0.05) is 24.3 Å². The molecule has 0 radical (unpaired) electrons. The molecule has 3 aromatic rings. The van der Waals surface area contributed by atoms with Crippen molar-refractivity contribution in [3.8, 4) is 11.5 Å². The number of pyridine rings is 1. The van der Waals surface area contributed by atoms with Crippen molar-refractivity contribution in [2.75, 3.05) is 38.2 Å². The average Bonchev–Trinajstić information content (AvgIpc) is 2.82. The van der Waals surface area contributed by atoms with Crippen LogP contribution >= 0.6 is 0 Å². The van der Waals surface area contributed by atoms with Crippen molar-refractivity contribution in [1.82, 2.24) is 9.88 Å². The Kier molecular flexibility index (Phi) is 6.35. The van der Waals surface area contributed by atoms with E-state index in [4.69, 9.17) is 14.5 Å². The summed E-state index contributed by atoms with van der Waals surface area (Å²) in [5, 5.41) is 1.12. The Morgan fingerprint density at radius 3 is 2.50 bits per heavy atom. The number of hydrogen-bond acceptors (Lipinski definition) is 6. The highest BCUT2D eigenvalue weighted by Gasteiger charge is 2.20. The van der Waals surface area contributed by atoms with Crippen molar-refractivity contribution in [2.45, 2.75) is 6.92 Å². The molecule has 0 atom stereocenters. The second kappa shape index (κ2) is 9.51. The fourth-order valence-corrected chi connectivity index (χ4v) is 3.69. The number of para-hydroxylation sites is 1. The maximum absolute atomic E-state index is 12.7. The maximum atomic E-state index is 12.7. The Morgan fingerprint density at radius 1 is 0.969 bits per heavy atom. The number of hydrogen-bond donors (Lipinski definition) is 0. The van der Waals surface area contributed by atoms with Crippen molar-refractivity contribution in [2.24, 2.45) is 0 Å². The van der Waals surface area contributed by atoms with Gasteiger partial charge in [-0.25, -0.2) is 4.98 Å². The molecule has 7 heteroatoms. The van der Waals surface area contributed by atoms with Crippen LogP contribution < -0.4 is 14.4 Å². The van der Waals surface area contributed by atoms with Gasteiger partial charge in [0.15, 0.2) is 11.5 Å². The molecule has 0 aliphatic carbocycles. The molecule has 1 amide bonds. The Bertz CT molecular complexity index is 1170. The van der Waals surface area contributed by atoms with Gasteiger partial charge in [0.2, 0.25) is 5.91 Å². The van der Waals surface area contributed by atoms with Crippen LogP contribution in [0.5, 0.6) is 11.5 Å². The van der Waals surface area contributed by atoms with E-state index in [0.717, 1.165) is 35.4 Å². The minimum Gasteiger partial charge on any atom is -0.493 e. The second-order valence-corrected chi connectivity index (χ2v) is 7.51. The van der Waals surface area contributed by atoms with Gasteiger partial charge in [-0.3, -0.25) is 9.59 Å². The Balaban J connectivity index is 1.37. The molecule has 2 aromatic carbocycles. The molecule has 1 aliphatic rings. The molecule has 2 heterocycles. The zero-order valence-corrected chi connectivity index (χ0v) is 18.2. The third-order valence-electron chi connectivity index (χ3n) is 5.36. The zero-order chi connectivity index (χ0) is 22.5. The predicted octanol–water partition coefficient (Wildman–Crippen LogP) is 3.53. The van der Waals surface area contributed by atoms with Crippen LogP contribution in [0.25, 0.3) is 17.0 Å². The van der Waals surface area contributed by atoms with Gasteiger partial charge in [-0.15, -0.1) is 0 Å². The summed E-state index contributed by atoms with van der Waals surface area (Å²) < 4.78 is 10.4. The molecule has 32 heavy (non-hydrogen) atoms. The van der Waals surface area contributed by atoms with Crippen molar-refractivity contribution in [1.29, 1.82) is 0 Å². The summed E-state index contributed by atoms with van der Waals surface area (Å²) in [7, 11) is 1.50. The van der Waals surface area contributed by atoms with Crippen LogP contribution in [0.1, 0.15) is 12.5 Å². The van der Waals surface area contributed by atoms with Gasteiger partial charge in [0, 0.05) is 44.6 Å². The molecule has 0 saturated carbocycles. The van der Waals surface area contributed by atoms with Crippen LogP contribution in [0.15, 0.2) is 60.7 Å². The van der Waals surface area contributed by atoms with Gasteiger partial charge in [0.05, 0.1) is 12.6 Å². The van der Waals surface area contributed by atoms with E-state index >= 15 is 0 Å². The fraction of sp³-hybridized carbons (Fsp3) is 0.240. The normalized spacial score (nSPS) is 14.1.